The van der Waals surface area contributed by atoms with Gasteiger partial charge in [0.05, 0.1) is 5.56 Å². The molecule has 0 atom stereocenters. The average Bonchev–Trinajstić information content (AvgIpc) is 2.14. The van der Waals surface area contributed by atoms with Crippen molar-refractivity contribution >= 4 is 5.91 Å². The molecule has 1 aromatic rings. The minimum Gasteiger partial charge on any atom is -0.359 e. The van der Waals surface area contributed by atoms with Crippen molar-refractivity contribution in [2.75, 3.05) is 0 Å². The lowest BCUT2D eigenvalue weighted by Crippen LogP contribution is -2.06. The molecule has 1 rings (SSSR count). The Morgan fingerprint density at radius 3 is 2.53 bits per heavy atom. The second kappa shape index (κ2) is 4.51. The van der Waals surface area contributed by atoms with Crippen LogP contribution in [0, 0.1) is 17.7 Å². The van der Waals surface area contributed by atoms with Gasteiger partial charge in [-0.05, 0) is 24.1 Å². The first-order valence-electron chi connectivity index (χ1n) is 3.89. The van der Waals surface area contributed by atoms with Crippen LogP contribution in [0.2, 0.25) is 0 Å². The van der Waals surface area contributed by atoms with E-state index >= 15 is 0 Å². The van der Waals surface area contributed by atoms with E-state index in [-0.39, 0.29) is 5.56 Å². The number of primary amides is 1. The lowest BCUT2D eigenvalue weighted by atomic mass is 10.1. The first-order valence-corrected chi connectivity index (χ1v) is 3.89. The summed E-state index contributed by atoms with van der Waals surface area (Å²) in [4.78, 5) is 10.3. The van der Waals surface area contributed by atoms with Crippen LogP contribution in [0.5, 0.6) is 0 Å². The molecule has 0 saturated heterocycles. The third-order valence-corrected chi connectivity index (χ3v) is 1.57. The van der Waals surface area contributed by atoms with Gasteiger partial charge >= 0.3 is 0 Å². The molecule has 0 aromatic heterocycles. The highest BCUT2D eigenvalue weighted by Crippen LogP contribution is 2.22. The Morgan fingerprint density at radius 1 is 1.40 bits per heavy atom. The molecule has 0 saturated carbocycles. The normalized spacial score (nSPS) is 9.60. The Hall–Kier alpha value is -1.96. The van der Waals surface area contributed by atoms with E-state index in [0.717, 1.165) is 12.1 Å². The highest BCUT2D eigenvalue weighted by molar-refractivity contribution is 5.92. The third-order valence-electron chi connectivity index (χ3n) is 1.57. The van der Waals surface area contributed by atoms with Gasteiger partial charge in [-0.15, -0.1) is 0 Å². The van der Waals surface area contributed by atoms with Gasteiger partial charge in [-0.25, -0.2) is 13.2 Å². The predicted octanol–water partition coefficient (Wildman–Crippen LogP) is 1.60. The SMILES string of the molecule is NC(=O)C#Cc1ccc(C(F)F)c(F)c1. The fraction of sp³-hybridized carbons (Fsp3) is 0.100. The van der Waals surface area contributed by atoms with Gasteiger partial charge in [-0.3, -0.25) is 4.79 Å². The summed E-state index contributed by atoms with van der Waals surface area (Å²) in [5, 5.41) is 0. The van der Waals surface area contributed by atoms with Crippen molar-refractivity contribution in [1.82, 2.24) is 0 Å². The maximum Gasteiger partial charge on any atom is 0.293 e. The molecule has 0 radical (unpaired) electrons. The van der Waals surface area contributed by atoms with E-state index in [2.05, 4.69) is 5.92 Å². The molecule has 0 bridgehead atoms. The van der Waals surface area contributed by atoms with Gasteiger partial charge in [0.25, 0.3) is 12.3 Å². The van der Waals surface area contributed by atoms with E-state index in [0.29, 0.717) is 0 Å². The topological polar surface area (TPSA) is 43.1 Å². The molecule has 0 fully saturated rings. The summed E-state index contributed by atoms with van der Waals surface area (Å²) in [6.07, 6.45) is -2.87. The summed E-state index contributed by atoms with van der Waals surface area (Å²) < 4.78 is 37.2. The Morgan fingerprint density at radius 2 is 2.07 bits per heavy atom. The summed E-state index contributed by atoms with van der Waals surface area (Å²) in [6.45, 7) is 0. The molecule has 5 heteroatoms. The first-order chi connectivity index (χ1) is 7.00. The first kappa shape index (κ1) is 11.1. The van der Waals surface area contributed by atoms with Crippen molar-refractivity contribution < 1.29 is 18.0 Å². The zero-order chi connectivity index (χ0) is 11.4. The smallest absolute Gasteiger partial charge is 0.293 e. The lowest BCUT2D eigenvalue weighted by Gasteiger charge is -2.00. The highest BCUT2D eigenvalue weighted by Gasteiger charge is 2.12. The standard InChI is InChI=1S/C10H6F3NO/c11-8-5-6(2-4-9(14)15)1-3-7(8)10(12)13/h1,3,5,10H,(H2,14,15). The monoisotopic (exact) mass is 213 g/mol. The van der Waals surface area contributed by atoms with Crippen molar-refractivity contribution in [2.45, 2.75) is 6.43 Å². The maximum absolute atomic E-state index is 13.0. The predicted molar refractivity (Wildman–Crippen MR) is 47.4 cm³/mol. The maximum atomic E-state index is 13.0. The van der Waals surface area contributed by atoms with Gasteiger partial charge in [-0.2, -0.15) is 0 Å². The van der Waals surface area contributed by atoms with Crippen LogP contribution < -0.4 is 5.73 Å². The van der Waals surface area contributed by atoms with E-state index in [1.807, 2.05) is 5.92 Å². The van der Waals surface area contributed by atoms with E-state index in [4.69, 9.17) is 5.73 Å². The molecule has 15 heavy (non-hydrogen) atoms. The Bertz CT molecular complexity index is 446. The summed E-state index contributed by atoms with van der Waals surface area (Å²) in [6, 6.07) is 2.95. The molecule has 0 heterocycles. The number of carbonyl (C=O) groups is 1. The molecule has 0 aliphatic rings. The van der Waals surface area contributed by atoms with E-state index < -0.39 is 23.7 Å². The fourth-order valence-corrected chi connectivity index (χ4v) is 0.916. The average molecular weight is 213 g/mol. The molecule has 2 N–H and O–H groups in total. The largest absolute Gasteiger partial charge is 0.359 e. The lowest BCUT2D eigenvalue weighted by molar-refractivity contribution is -0.112. The summed E-state index contributed by atoms with van der Waals surface area (Å²) in [5.74, 6) is 2.29. The van der Waals surface area contributed by atoms with Crippen LogP contribution in [-0.4, -0.2) is 5.91 Å². The molecule has 1 aromatic carbocycles. The Labute approximate surface area is 83.9 Å². The fourth-order valence-electron chi connectivity index (χ4n) is 0.916. The molecule has 1 amide bonds. The number of halogens is 3. The molecule has 0 spiro atoms. The summed E-state index contributed by atoms with van der Waals surface area (Å²) >= 11 is 0. The molecule has 0 aliphatic carbocycles. The van der Waals surface area contributed by atoms with Gasteiger partial charge < -0.3 is 5.73 Å². The molecule has 0 unspecified atom stereocenters. The van der Waals surface area contributed by atoms with Crippen LogP contribution in [0.25, 0.3) is 0 Å². The molecular formula is C10H6F3NO. The molecule has 78 valence electrons. The second-order valence-electron chi connectivity index (χ2n) is 2.65. The zero-order valence-corrected chi connectivity index (χ0v) is 7.43. The van der Waals surface area contributed by atoms with Crippen LogP contribution in [-0.2, 0) is 4.79 Å². The Kier molecular flexibility index (Phi) is 3.34. The van der Waals surface area contributed by atoms with Crippen molar-refractivity contribution in [1.29, 1.82) is 0 Å². The van der Waals surface area contributed by atoms with Crippen molar-refractivity contribution in [3.63, 3.8) is 0 Å². The number of amides is 1. The summed E-state index contributed by atoms with van der Waals surface area (Å²) in [5.41, 5.74) is 4.16. The minimum atomic E-state index is -2.87. The molecular weight excluding hydrogens is 207 g/mol. The van der Waals surface area contributed by atoms with Gasteiger partial charge in [-0.1, -0.05) is 5.92 Å². The van der Waals surface area contributed by atoms with E-state index in [1.54, 1.807) is 0 Å². The number of rotatable bonds is 1. The summed E-state index contributed by atoms with van der Waals surface area (Å²) in [7, 11) is 0. The van der Waals surface area contributed by atoms with E-state index in [9.17, 15) is 18.0 Å². The van der Waals surface area contributed by atoms with Crippen molar-refractivity contribution in [2.24, 2.45) is 5.73 Å². The zero-order valence-electron chi connectivity index (χ0n) is 7.43. The van der Waals surface area contributed by atoms with Gasteiger partial charge in [0.15, 0.2) is 0 Å². The van der Waals surface area contributed by atoms with Crippen molar-refractivity contribution in [3.05, 3.63) is 35.1 Å². The van der Waals surface area contributed by atoms with Crippen LogP contribution >= 0.6 is 0 Å². The number of alkyl halides is 2. The third kappa shape index (κ3) is 3.02. The molecule has 0 aliphatic heterocycles. The van der Waals surface area contributed by atoms with E-state index in [1.165, 1.54) is 6.07 Å². The van der Waals surface area contributed by atoms with Gasteiger partial charge in [0, 0.05) is 5.56 Å². The van der Waals surface area contributed by atoms with Crippen LogP contribution in [0.1, 0.15) is 17.6 Å². The van der Waals surface area contributed by atoms with Crippen LogP contribution in [0.15, 0.2) is 18.2 Å². The number of hydrogen-bond acceptors (Lipinski definition) is 1. The van der Waals surface area contributed by atoms with Crippen molar-refractivity contribution in [3.8, 4) is 11.8 Å². The minimum absolute atomic E-state index is 0.121. The van der Waals surface area contributed by atoms with Crippen LogP contribution in [0.3, 0.4) is 0 Å². The quantitative estimate of drug-likeness (QED) is 0.707. The van der Waals surface area contributed by atoms with Gasteiger partial charge in [0.2, 0.25) is 0 Å². The molecule has 2 nitrogen and oxygen atoms in total. The Balaban J connectivity index is 3.03. The number of benzene rings is 1. The number of nitrogens with two attached hydrogens (primary N) is 1. The van der Waals surface area contributed by atoms with Gasteiger partial charge in [0.1, 0.15) is 5.82 Å². The number of carbonyl (C=O) groups excluding carboxylic acids is 1. The van der Waals surface area contributed by atoms with Crippen LogP contribution in [0.4, 0.5) is 13.2 Å². The number of hydrogen-bond donors (Lipinski definition) is 1. The highest BCUT2D eigenvalue weighted by atomic mass is 19.3. The second-order valence-corrected chi connectivity index (χ2v) is 2.65.